The van der Waals surface area contributed by atoms with Gasteiger partial charge in [-0.1, -0.05) is 6.92 Å². The third kappa shape index (κ3) is 8.29. The molecule has 134 valence electrons. The molecule has 0 aliphatic carbocycles. The van der Waals surface area contributed by atoms with Gasteiger partial charge < -0.3 is 25.6 Å². The van der Waals surface area contributed by atoms with Crippen LogP contribution in [0.5, 0.6) is 0 Å². The molecule has 23 heavy (non-hydrogen) atoms. The Morgan fingerprint density at radius 3 is 2.26 bits per heavy atom. The molecule has 3 N–H and O–H groups in total. The average Bonchev–Trinajstić information content (AvgIpc) is 2.49. The monoisotopic (exact) mass is 328 g/mol. The molecule has 0 unspecified atom stereocenters. The van der Waals surface area contributed by atoms with Crippen molar-refractivity contribution >= 4 is 11.9 Å². The van der Waals surface area contributed by atoms with Crippen molar-refractivity contribution in [1.82, 2.24) is 15.1 Å². The number of nitrogens with two attached hydrogens (primary N) is 1. The lowest BCUT2D eigenvalue weighted by atomic mass is 10.1. The summed E-state index contributed by atoms with van der Waals surface area (Å²) in [5.41, 5.74) is 5.39. The van der Waals surface area contributed by atoms with E-state index >= 15 is 0 Å². The highest BCUT2D eigenvalue weighted by Gasteiger charge is 2.21. The van der Waals surface area contributed by atoms with E-state index in [1.807, 2.05) is 20.8 Å². The van der Waals surface area contributed by atoms with Crippen LogP contribution in [0, 0.1) is 0 Å². The van der Waals surface area contributed by atoms with E-state index < -0.39 is 6.04 Å². The Kier molecular flexibility index (Phi) is 7.94. The van der Waals surface area contributed by atoms with Crippen LogP contribution in [-0.4, -0.2) is 79.1 Å². The summed E-state index contributed by atoms with van der Waals surface area (Å²) in [6.45, 7) is 13.5. The zero-order chi connectivity index (χ0) is 17.5. The van der Waals surface area contributed by atoms with Crippen LogP contribution in [0.1, 0.15) is 34.1 Å². The number of hydrogen-bond acceptors (Lipinski definition) is 6. The molecule has 1 aliphatic rings. The van der Waals surface area contributed by atoms with Gasteiger partial charge in [-0.15, -0.1) is 0 Å². The Hall–Kier alpha value is -1.18. The fraction of sp³-hybridized carbons (Fsp3) is 0.875. The van der Waals surface area contributed by atoms with Gasteiger partial charge in [-0.05, 0) is 27.3 Å². The summed E-state index contributed by atoms with van der Waals surface area (Å²) in [5, 5.41) is 2.77. The number of esters is 1. The van der Waals surface area contributed by atoms with Crippen LogP contribution >= 0.6 is 0 Å². The van der Waals surface area contributed by atoms with E-state index in [0.29, 0.717) is 13.0 Å². The standard InChI is InChI=1S/C16H32N4O3/c1-5-19-8-10-20(11-9-19)7-6-14(21)23-12-13(17)15(22)18-16(2,3)4/h13H,5-12,17H2,1-4H3,(H,18,22)/t13-/m0/s1. The lowest BCUT2D eigenvalue weighted by Crippen LogP contribution is -2.51. The second-order valence-corrected chi connectivity index (χ2v) is 7.05. The normalized spacial score (nSPS) is 18.5. The van der Waals surface area contributed by atoms with Gasteiger partial charge in [-0.25, -0.2) is 0 Å². The Morgan fingerprint density at radius 1 is 1.17 bits per heavy atom. The first-order valence-electron chi connectivity index (χ1n) is 8.39. The third-order valence-electron chi connectivity index (χ3n) is 3.80. The topological polar surface area (TPSA) is 87.9 Å². The lowest BCUT2D eigenvalue weighted by Gasteiger charge is -2.33. The Balaban J connectivity index is 2.18. The molecule has 1 atom stereocenters. The van der Waals surface area contributed by atoms with E-state index in [4.69, 9.17) is 10.5 Å². The second kappa shape index (κ2) is 9.20. The minimum Gasteiger partial charge on any atom is -0.463 e. The van der Waals surface area contributed by atoms with Crippen molar-refractivity contribution in [2.75, 3.05) is 45.9 Å². The predicted octanol–water partition coefficient (Wildman–Crippen LogP) is -0.201. The van der Waals surface area contributed by atoms with Crippen molar-refractivity contribution in [3.8, 4) is 0 Å². The Bertz CT molecular complexity index is 387. The van der Waals surface area contributed by atoms with E-state index in [-0.39, 0.29) is 24.0 Å². The molecule has 0 aromatic carbocycles. The number of hydrogen-bond donors (Lipinski definition) is 2. The number of amides is 1. The summed E-state index contributed by atoms with van der Waals surface area (Å²) < 4.78 is 5.11. The Labute approximate surface area is 139 Å². The maximum atomic E-state index is 11.8. The van der Waals surface area contributed by atoms with Gasteiger partial charge in [0.1, 0.15) is 12.6 Å². The summed E-state index contributed by atoms with van der Waals surface area (Å²) in [6, 6.07) is -0.828. The predicted molar refractivity (Wildman–Crippen MR) is 90.0 cm³/mol. The van der Waals surface area contributed by atoms with Crippen LogP contribution in [0.2, 0.25) is 0 Å². The van der Waals surface area contributed by atoms with Crippen LogP contribution in [-0.2, 0) is 14.3 Å². The molecule has 1 rings (SSSR count). The van der Waals surface area contributed by atoms with Crippen LogP contribution in [0.4, 0.5) is 0 Å². The maximum Gasteiger partial charge on any atom is 0.307 e. The summed E-state index contributed by atoms with van der Waals surface area (Å²) >= 11 is 0. The van der Waals surface area contributed by atoms with Crippen LogP contribution in [0.15, 0.2) is 0 Å². The molecule has 1 saturated heterocycles. The van der Waals surface area contributed by atoms with Crippen LogP contribution in [0.3, 0.4) is 0 Å². The highest BCUT2D eigenvalue weighted by molar-refractivity contribution is 5.82. The number of nitrogens with zero attached hydrogens (tertiary/aromatic N) is 2. The SMILES string of the molecule is CCN1CCN(CCC(=O)OC[C@H](N)C(=O)NC(C)(C)C)CC1. The van der Waals surface area contributed by atoms with Gasteiger partial charge in [0.2, 0.25) is 5.91 Å². The van der Waals surface area contributed by atoms with Gasteiger partial charge >= 0.3 is 5.97 Å². The molecule has 0 spiro atoms. The highest BCUT2D eigenvalue weighted by atomic mass is 16.5. The van der Waals surface area contributed by atoms with Gasteiger partial charge in [0.25, 0.3) is 0 Å². The van der Waals surface area contributed by atoms with Gasteiger partial charge in [-0.3, -0.25) is 9.59 Å². The largest absolute Gasteiger partial charge is 0.463 e. The molecule has 1 aliphatic heterocycles. The molecule has 1 heterocycles. The number of nitrogens with one attached hydrogen (secondary N) is 1. The summed E-state index contributed by atoms with van der Waals surface area (Å²) in [7, 11) is 0. The summed E-state index contributed by atoms with van der Waals surface area (Å²) in [4.78, 5) is 28.2. The molecule has 0 bridgehead atoms. The molecule has 7 nitrogen and oxygen atoms in total. The fourth-order valence-corrected chi connectivity index (χ4v) is 2.37. The fourth-order valence-electron chi connectivity index (χ4n) is 2.37. The van der Waals surface area contributed by atoms with Gasteiger partial charge in [-0.2, -0.15) is 0 Å². The molecule has 0 radical (unpaired) electrons. The summed E-state index contributed by atoms with van der Waals surface area (Å²) in [6.07, 6.45) is 0.333. The first-order chi connectivity index (χ1) is 10.7. The van der Waals surface area contributed by atoms with Crippen molar-refractivity contribution in [3.05, 3.63) is 0 Å². The molecule has 0 aromatic rings. The van der Waals surface area contributed by atoms with Crippen molar-refractivity contribution in [1.29, 1.82) is 0 Å². The molecule has 0 aromatic heterocycles. The molecular weight excluding hydrogens is 296 g/mol. The molecule has 1 amide bonds. The van der Waals surface area contributed by atoms with E-state index in [1.165, 1.54) is 0 Å². The second-order valence-electron chi connectivity index (χ2n) is 7.05. The molecule has 0 saturated carbocycles. The number of carbonyl (C=O) groups is 2. The number of ether oxygens (including phenoxy) is 1. The smallest absolute Gasteiger partial charge is 0.307 e. The third-order valence-corrected chi connectivity index (χ3v) is 3.80. The highest BCUT2D eigenvalue weighted by Crippen LogP contribution is 2.03. The zero-order valence-corrected chi connectivity index (χ0v) is 14.9. The van der Waals surface area contributed by atoms with E-state index in [2.05, 4.69) is 22.0 Å². The molecule has 7 heteroatoms. The minimum absolute atomic E-state index is 0.0790. The minimum atomic E-state index is -0.828. The average molecular weight is 328 g/mol. The lowest BCUT2D eigenvalue weighted by molar-refractivity contribution is -0.145. The quantitative estimate of drug-likeness (QED) is 0.629. The number of rotatable bonds is 7. The van der Waals surface area contributed by atoms with Crippen molar-refractivity contribution < 1.29 is 14.3 Å². The van der Waals surface area contributed by atoms with Crippen molar-refractivity contribution in [2.45, 2.75) is 45.7 Å². The first-order valence-corrected chi connectivity index (χ1v) is 8.39. The van der Waals surface area contributed by atoms with E-state index in [0.717, 1.165) is 32.7 Å². The zero-order valence-electron chi connectivity index (χ0n) is 14.9. The number of piperazine rings is 1. The van der Waals surface area contributed by atoms with Crippen molar-refractivity contribution in [3.63, 3.8) is 0 Å². The van der Waals surface area contributed by atoms with Crippen LogP contribution < -0.4 is 11.1 Å². The molecule has 1 fully saturated rings. The Morgan fingerprint density at radius 2 is 1.74 bits per heavy atom. The number of likely N-dealkylation sites (N-methyl/N-ethyl adjacent to an activating group) is 1. The van der Waals surface area contributed by atoms with E-state index in [1.54, 1.807) is 0 Å². The van der Waals surface area contributed by atoms with Gasteiger partial charge in [0.15, 0.2) is 0 Å². The maximum absolute atomic E-state index is 11.8. The van der Waals surface area contributed by atoms with Crippen molar-refractivity contribution in [2.24, 2.45) is 5.73 Å². The number of carbonyl (C=O) groups excluding carboxylic acids is 2. The molecular formula is C16H32N4O3. The van der Waals surface area contributed by atoms with Crippen LogP contribution in [0.25, 0.3) is 0 Å². The van der Waals surface area contributed by atoms with E-state index in [9.17, 15) is 9.59 Å². The van der Waals surface area contributed by atoms with Gasteiger partial charge in [0.05, 0.1) is 6.42 Å². The first kappa shape index (κ1) is 19.9. The summed E-state index contributed by atoms with van der Waals surface area (Å²) in [5.74, 6) is -0.608. The van der Waals surface area contributed by atoms with Gasteiger partial charge in [0, 0.05) is 38.3 Å².